The van der Waals surface area contributed by atoms with E-state index < -0.39 is 40.8 Å². The number of fused-ring (bicyclic) bond motifs is 1. The topological polar surface area (TPSA) is 57.6 Å². The number of amides is 2. The maximum absolute atomic E-state index is 13.1. The largest absolute Gasteiger partial charge is 0.417 e. The number of alkyl halides is 3. The van der Waals surface area contributed by atoms with E-state index in [1.165, 1.54) is 6.07 Å². The van der Waals surface area contributed by atoms with Crippen LogP contribution in [0.3, 0.4) is 0 Å². The van der Waals surface area contributed by atoms with E-state index in [-0.39, 0.29) is 22.9 Å². The Labute approximate surface area is 132 Å². The van der Waals surface area contributed by atoms with Crippen LogP contribution in [0.5, 0.6) is 0 Å². The summed E-state index contributed by atoms with van der Waals surface area (Å²) in [6.45, 7) is 1.55. The smallest absolute Gasteiger partial charge is 0.390 e. The highest BCUT2D eigenvalue weighted by atomic mass is 79.9. The van der Waals surface area contributed by atoms with Crippen LogP contribution in [0.2, 0.25) is 0 Å². The molecule has 0 unspecified atom stereocenters. The Morgan fingerprint density at radius 1 is 1.27 bits per heavy atom. The van der Waals surface area contributed by atoms with Crippen molar-refractivity contribution in [3.05, 3.63) is 33.3 Å². The molecule has 1 aliphatic heterocycles. The van der Waals surface area contributed by atoms with Crippen molar-refractivity contribution in [2.75, 3.05) is 0 Å². The minimum Gasteiger partial charge on any atom is -0.390 e. The first kappa shape index (κ1) is 15.5. The van der Waals surface area contributed by atoms with Gasteiger partial charge in [-0.3, -0.25) is 14.5 Å². The molecule has 1 aliphatic carbocycles. The van der Waals surface area contributed by atoms with Crippen molar-refractivity contribution in [2.24, 2.45) is 0 Å². The van der Waals surface area contributed by atoms with Crippen LogP contribution in [0.1, 0.15) is 46.0 Å². The van der Waals surface area contributed by atoms with Crippen molar-refractivity contribution in [2.45, 2.75) is 37.6 Å². The standard InChI is InChI=1S/C14H11BrF3NO3/c1-13(22)4-7(5-13)19-11(20)8-2-6(15)3-9(14(16,17)18)10(8)12(19)21/h2-3,7,22H,4-5H2,1H3. The molecule has 1 N–H and O–H groups in total. The van der Waals surface area contributed by atoms with E-state index in [2.05, 4.69) is 15.9 Å². The first-order chi connectivity index (χ1) is 10.0. The fourth-order valence-corrected chi connectivity index (χ4v) is 3.50. The molecular formula is C14H11BrF3NO3. The van der Waals surface area contributed by atoms with Crippen LogP contribution in [0.4, 0.5) is 13.2 Å². The van der Waals surface area contributed by atoms with E-state index in [0.717, 1.165) is 11.0 Å². The van der Waals surface area contributed by atoms with Crippen LogP contribution in [0.25, 0.3) is 0 Å². The molecule has 0 radical (unpaired) electrons. The number of halogens is 4. The van der Waals surface area contributed by atoms with E-state index in [1.807, 2.05) is 0 Å². The van der Waals surface area contributed by atoms with Gasteiger partial charge in [0.2, 0.25) is 0 Å². The van der Waals surface area contributed by atoms with Crippen LogP contribution in [0.15, 0.2) is 16.6 Å². The number of carbonyl (C=O) groups excluding carboxylic acids is 2. The van der Waals surface area contributed by atoms with Gasteiger partial charge in [-0.2, -0.15) is 13.2 Å². The van der Waals surface area contributed by atoms with Crippen molar-refractivity contribution in [1.82, 2.24) is 4.90 Å². The van der Waals surface area contributed by atoms with Gasteiger partial charge in [-0.15, -0.1) is 0 Å². The van der Waals surface area contributed by atoms with Crippen molar-refractivity contribution in [3.8, 4) is 0 Å². The molecular weight excluding hydrogens is 367 g/mol. The van der Waals surface area contributed by atoms with Crippen LogP contribution >= 0.6 is 15.9 Å². The number of hydrogen-bond acceptors (Lipinski definition) is 3. The molecule has 2 aliphatic rings. The second-order valence-corrected chi connectivity index (χ2v) is 6.83. The Morgan fingerprint density at radius 2 is 1.86 bits per heavy atom. The molecule has 1 aromatic rings. The van der Waals surface area contributed by atoms with Gasteiger partial charge in [-0.05, 0) is 31.9 Å². The molecule has 22 heavy (non-hydrogen) atoms. The van der Waals surface area contributed by atoms with Gasteiger partial charge < -0.3 is 5.11 Å². The van der Waals surface area contributed by atoms with Crippen LogP contribution < -0.4 is 0 Å². The summed E-state index contributed by atoms with van der Waals surface area (Å²) < 4.78 is 39.5. The number of imide groups is 1. The second-order valence-electron chi connectivity index (χ2n) is 5.91. The van der Waals surface area contributed by atoms with Gasteiger partial charge in [-0.25, -0.2) is 0 Å². The number of aliphatic hydroxyl groups is 1. The molecule has 1 fully saturated rings. The highest BCUT2D eigenvalue weighted by Gasteiger charge is 2.51. The zero-order valence-electron chi connectivity index (χ0n) is 11.4. The number of nitrogens with zero attached hydrogens (tertiary/aromatic N) is 1. The molecule has 0 spiro atoms. The lowest BCUT2D eigenvalue weighted by atomic mass is 9.76. The third kappa shape index (κ3) is 2.25. The number of hydrogen-bond donors (Lipinski definition) is 1. The van der Waals surface area contributed by atoms with Crippen LogP contribution in [-0.2, 0) is 6.18 Å². The maximum atomic E-state index is 13.1. The molecule has 4 nitrogen and oxygen atoms in total. The molecule has 118 valence electrons. The van der Waals surface area contributed by atoms with Gasteiger partial charge in [0.05, 0.1) is 22.3 Å². The zero-order valence-corrected chi connectivity index (χ0v) is 13.0. The fourth-order valence-electron chi connectivity index (χ4n) is 3.04. The predicted molar refractivity (Wildman–Crippen MR) is 73.3 cm³/mol. The summed E-state index contributed by atoms with van der Waals surface area (Å²) in [6, 6.07) is 1.45. The van der Waals surface area contributed by atoms with E-state index in [1.54, 1.807) is 6.92 Å². The molecule has 0 bridgehead atoms. The van der Waals surface area contributed by atoms with Crippen molar-refractivity contribution < 1.29 is 27.9 Å². The van der Waals surface area contributed by atoms with Gasteiger partial charge in [0.15, 0.2) is 0 Å². The Kier molecular flexibility index (Phi) is 3.20. The Hall–Kier alpha value is -1.41. The summed E-state index contributed by atoms with van der Waals surface area (Å²) in [5.74, 6) is -1.69. The van der Waals surface area contributed by atoms with Gasteiger partial charge in [0.1, 0.15) is 0 Å². The number of carbonyl (C=O) groups is 2. The fraction of sp³-hybridized carbons (Fsp3) is 0.429. The zero-order chi connectivity index (χ0) is 16.4. The Balaban J connectivity index is 2.07. The molecule has 1 aromatic carbocycles. The molecule has 1 heterocycles. The van der Waals surface area contributed by atoms with E-state index >= 15 is 0 Å². The SMILES string of the molecule is CC1(O)CC(N2C(=O)c3cc(Br)cc(C(F)(F)F)c3C2=O)C1. The molecule has 0 atom stereocenters. The first-order valence-corrected chi connectivity index (χ1v) is 7.31. The average Bonchev–Trinajstić information content (AvgIpc) is 2.57. The molecule has 0 saturated heterocycles. The summed E-state index contributed by atoms with van der Waals surface area (Å²) in [5, 5.41) is 9.72. The first-order valence-electron chi connectivity index (χ1n) is 6.52. The summed E-state index contributed by atoms with van der Waals surface area (Å²) >= 11 is 2.94. The molecule has 3 rings (SSSR count). The molecule has 0 aromatic heterocycles. The number of benzene rings is 1. The molecule has 8 heteroatoms. The average molecular weight is 378 g/mol. The Bertz CT molecular complexity index is 691. The summed E-state index contributed by atoms with van der Waals surface area (Å²) in [4.78, 5) is 25.5. The highest BCUT2D eigenvalue weighted by molar-refractivity contribution is 9.10. The minimum absolute atomic E-state index is 0.0854. The highest BCUT2D eigenvalue weighted by Crippen LogP contribution is 2.43. The quantitative estimate of drug-likeness (QED) is 0.765. The summed E-state index contributed by atoms with van der Waals surface area (Å²) in [6.07, 6.45) is -4.40. The summed E-state index contributed by atoms with van der Waals surface area (Å²) in [7, 11) is 0. The Morgan fingerprint density at radius 3 is 2.36 bits per heavy atom. The van der Waals surface area contributed by atoms with Crippen LogP contribution in [-0.4, -0.2) is 33.5 Å². The monoisotopic (exact) mass is 377 g/mol. The van der Waals surface area contributed by atoms with Crippen molar-refractivity contribution in [3.63, 3.8) is 0 Å². The third-order valence-electron chi connectivity index (χ3n) is 4.01. The van der Waals surface area contributed by atoms with Crippen LogP contribution in [0, 0.1) is 0 Å². The number of rotatable bonds is 1. The third-order valence-corrected chi connectivity index (χ3v) is 4.46. The normalized spacial score (nSPS) is 27.9. The predicted octanol–water partition coefficient (Wildman–Crippen LogP) is 2.98. The lowest BCUT2D eigenvalue weighted by Gasteiger charge is -2.44. The molecule has 2 amide bonds. The van der Waals surface area contributed by atoms with E-state index in [4.69, 9.17) is 0 Å². The van der Waals surface area contributed by atoms with Gasteiger partial charge in [0.25, 0.3) is 11.8 Å². The lowest BCUT2D eigenvalue weighted by Crippen LogP contribution is -2.55. The second kappa shape index (κ2) is 4.55. The maximum Gasteiger partial charge on any atom is 0.417 e. The summed E-state index contributed by atoms with van der Waals surface area (Å²) in [5.41, 5.74) is -2.97. The molecule has 1 saturated carbocycles. The lowest BCUT2D eigenvalue weighted by molar-refractivity contribution is -0.138. The van der Waals surface area contributed by atoms with Gasteiger partial charge >= 0.3 is 6.18 Å². The van der Waals surface area contributed by atoms with E-state index in [0.29, 0.717) is 0 Å². The van der Waals surface area contributed by atoms with Crippen molar-refractivity contribution >= 4 is 27.7 Å². The van der Waals surface area contributed by atoms with Gasteiger partial charge in [-0.1, -0.05) is 15.9 Å². The minimum atomic E-state index is -4.73. The van der Waals surface area contributed by atoms with Crippen molar-refractivity contribution in [1.29, 1.82) is 0 Å². The van der Waals surface area contributed by atoms with E-state index in [9.17, 15) is 27.9 Å². The van der Waals surface area contributed by atoms with Gasteiger partial charge in [0, 0.05) is 10.5 Å².